The molecule has 108 valence electrons. The lowest BCUT2D eigenvalue weighted by Gasteiger charge is -2.26. The van der Waals surface area contributed by atoms with Crippen molar-refractivity contribution >= 4 is 21.6 Å². The molecule has 0 fully saturated rings. The van der Waals surface area contributed by atoms with Crippen LogP contribution in [-0.2, 0) is 6.42 Å². The molecule has 0 amide bonds. The number of para-hydroxylation sites is 2. The summed E-state index contributed by atoms with van der Waals surface area (Å²) in [4.78, 5) is 0. The molecule has 0 radical (unpaired) electrons. The largest absolute Gasteiger partial charge is 0.496 e. The van der Waals surface area contributed by atoms with Crippen LogP contribution in [0.2, 0.25) is 0 Å². The number of nitrogens with one attached hydrogen (secondary N) is 1. The summed E-state index contributed by atoms with van der Waals surface area (Å²) in [5.41, 5.74) is 1.18. The van der Waals surface area contributed by atoms with Crippen LogP contribution in [0, 0.1) is 11.3 Å². The summed E-state index contributed by atoms with van der Waals surface area (Å²) >= 11 is 3.50. The van der Waals surface area contributed by atoms with Crippen molar-refractivity contribution in [3.8, 4) is 11.8 Å². The van der Waals surface area contributed by atoms with Crippen molar-refractivity contribution in [2.24, 2.45) is 0 Å². The van der Waals surface area contributed by atoms with E-state index in [9.17, 15) is 5.26 Å². The van der Waals surface area contributed by atoms with Crippen LogP contribution in [0.3, 0.4) is 0 Å². The lowest BCUT2D eigenvalue weighted by Crippen LogP contribution is -2.35. The first-order chi connectivity index (χ1) is 10.1. The molecule has 1 unspecified atom stereocenters. The normalized spacial score (nSPS) is 13.0. The van der Waals surface area contributed by atoms with E-state index < -0.39 is 5.54 Å². The number of methoxy groups -OCH3 is 1. The zero-order valence-corrected chi connectivity index (χ0v) is 13.6. The Morgan fingerprint density at radius 3 is 2.52 bits per heavy atom. The zero-order valence-electron chi connectivity index (χ0n) is 12.1. The minimum Gasteiger partial charge on any atom is -0.496 e. The van der Waals surface area contributed by atoms with Gasteiger partial charge in [-0.3, -0.25) is 0 Å². The van der Waals surface area contributed by atoms with E-state index in [1.807, 2.05) is 55.5 Å². The molecule has 0 aromatic heterocycles. The topological polar surface area (TPSA) is 45.0 Å². The second-order valence-corrected chi connectivity index (χ2v) is 5.89. The smallest absolute Gasteiger partial charge is 0.126 e. The lowest BCUT2D eigenvalue weighted by atomic mass is 9.93. The summed E-state index contributed by atoms with van der Waals surface area (Å²) < 4.78 is 6.30. The minimum absolute atomic E-state index is 0.550. The molecule has 1 N–H and O–H groups in total. The minimum atomic E-state index is -0.724. The molecule has 0 aliphatic heterocycles. The van der Waals surface area contributed by atoms with Gasteiger partial charge < -0.3 is 10.1 Å². The molecule has 1 atom stereocenters. The van der Waals surface area contributed by atoms with E-state index in [4.69, 9.17) is 4.74 Å². The van der Waals surface area contributed by atoms with E-state index in [2.05, 4.69) is 27.3 Å². The van der Waals surface area contributed by atoms with Crippen molar-refractivity contribution in [3.63, 3.8) is 0 Å². The number of rotatable bonds is 5. The molecular formula is C17H17BrN2O. The Balaban J connectivity index is 2.26. The molecule has 0 saturated heterocycles. The van der Waals surface area contributed by atoms with E-state index >= 15 is 0 Å². The van der Waals surface area contributed by atoms with Crippen LogP contribution in [0.25, 0.3) is 0 Å². The SMILES string of the molecule is COc1ccccc1CC(C)(C#N)Nc1ccccc1Br. The summed E-state index contributed by atoms with van der Waals surface area (Å²) in [6.07, 6.45) is 0.550. The summed E-state index contributed by atoms with van der Waals surface area (Å²) in [5, 5.41) is 12.9. The number of nitrogens with zero attached hydrogens (tertiary/aromatic N) is 1. The molecule has 3 nitrogen and oxygen atoms in total. The van der Waals surface area contributed by atoms with Gasteiger partial charge >= 0.3 is 0 Å². The quantitative estimate of drug-likeness (QED) is 0.874. The second-order valence-electron chi connectivity index (χ2n) is 5.04. The van der Waals surface area contributed by atoms with Crippen LogP contribution in [0.15, 0.2) is 53.0 Å². The Hall–Kier alpha value is -1.99. The molecule has 0 aliphatic carbocycles. The molecule has 0 bridgehead atoms. The Labute approximate surface area is 133 Å². The summed E-state index contributed by atoms with van der Waals surface area (Å²) in [6, 6.07) is 17.9. The predicted molar refractivity (Wildman–Crippen MR) is 88.5 cm³/mol. The van der Waals surface area contributed by atoms with Gasteiger partial charge in [-0.1, -0.05) is 30.3 Å². The van der Waals surface area contributed by atoms with E-state index in [0.717, 1.165) is 21.5 Å². The van der Waals surface area contributed by atoms with Crippen LogP contribution in [0.1, 0.15) is 12.5 Å². The van der Waals surface area contributed by atoms with Gasteiger partial charge in [0, 0.05) is 16.6 Å². The van der Waals surface area contributed by atoms with E-state index in [1.54, 1.807) is 7.11 Å². The highest BCUT2D eigenvalue weighted by molar-refractivity contribution is 9.10. The number of benzene rings is 2. The summed E-state index contributed by atoms with van der Waals surface area (Å²) in [7, 11) is 1.64. The highest BCUT2D eigenvalue weighted by atomic mass is 79.9. The third kappa shape index (κ3) is 3.77. The number of halogens is 1. The average molecular weight is 345 g/mol. The predicted octanol–water partition coefficient (Wildman–Crippen LogP) is 4.39. The monoisotopic (exact) mass is 344 g/mol. The van der Waals surface area contributed by atoms with Gasteiger partial charge in [-0.2, -0.15) is 5.26 Å². The van der Waals surface area contributed by atoms with Crippen LogP contribution in [-0.4, -0.2) is 12.6 Å². The number of hydrogen-bond acceptors (Lipinski definition) is 3. The van der Waals surface area contributed by atoms with Crippen molar-refractivity contribution in [3.05, 3.63) is 58.6 Å². The lowest BCUT2D eigenvalue weighted by molar-refractivity contribution is 0.407. The van der Waals surface area contributed by atoms with Gasteiger partial charge in [0.15, 0.2) is 0 Å². The molecule has 0 heterocycles. The van der Waals surface area contributed by atoms with Gasteiger partial charge in [0.05, 0.1) is 13.2 Å². The van der Waals surface area contributed by atoms with Crippen molar-refractivity contribution < 1.29 is 4.74 Å². The van der Waals surface area contributed by atoms with Crippen LogP contribution >= 0.6 is 15.9 Å². The van der Waals surface area contributed by atoms with Crippen LogP contribution < -0.4 is 10.1 Å². The highest BCUT2D eigenvalue weighted by Crippen LogP contribution is 2.28. The first-order valence-electron chi connectivity index (χ1n) is 6.64. The van der Waals surface area contributed by atoms with Crippen LogP contribution in [0.5, 0.6) is 5.75 Å². The Bertz CT molecular complexity index is 666. The Morgan fingerprint density at radius 1 is 1.19 bits per heavy atom. The molecule has 2 aromatic carbocycles. The number of hydrogen-bond donors (Lipinski definition) is 1. The molecular weight excluding hydrogens is 328 g/mol. The fourth-order valence-electron chi connectivity index (χ4n) is 2.20. The third-order valence-electron chi connectivity index (χ3n) is 3.27. The van der Waals surface area contributed by atoms with Gasteiger partial charge in [0.2, 0.25) is 0 Å². The van der Waals surface area contributed by atoms with E-state index in [1.165, 1.54) is 0 Å². The van der Waals surface area contributed by atoms with Crippen molar-refractivity contribution in [2.75, 3.05) is 12.4 Å². The molecule has 4 heteroatoms. The standard InChI is InChI=1S/C17H17BrN2O/c1-17(12-19,20-15-9-5-4-8-14(15)18)11-13-7-3-6-10-16(13)21-2/h3-10,20H,11H2,1-2H3. The van der Waals surface area contributed by atoms with Crippen LogP contribution in [0.4, 0.5) is 5.69 Å². The van der Waals surface area contributed by atoms with Crippen molar-refractivity contribution in [1.82, 2.24) is 0 Å². The Morgan fingerprint density at radius 2 is 1.86 bits per heavy atom. The van der Waals surface area contributed by atoms with E-state index in [0.29, 0.717) is 6.42 Å². The summed E-state index contributed by atoms with van der Waals surface area (Å²) in [5.74, 6) is 0.799. The van der Waals surface area contributed by atoms with Gasteiger partial charge in [-0.15, -0.1) is 0 Å². The zero-order chi connectivity index (χ0) is 15.3. The molecule has 2 aromatic rings. The van der Waals surface area contributed by atoms with Gasteiger partial charge in [0.25, 0.3) is 0 Å². The maximum Gasteiger partial charge on any atom is 0.126 e. The first-order valence-corrected chi connectivity index (χ1v) is 7.43. The number of nitriles is 1. The molecule has 0 aliphatic rings. The fraction of sp³-hybridized carbons (Fsp3) is 0.235. The summed E-state index contributed by atoms with van der Waals surface area (Å²) in [6.45, 7) is 1.89. The molecule has 21 heavy (non-hydrogen) atoms. The fourth-order valence-corrected chi connectivity index (χ4v) is 2.59. The van der Waals surface area contributed by atoms with Gasteiger partial charge in [-0.05, 0) is 46.6 Å². The molecule has 0 spiro atoms. The number of anilines is 1. The molecule has 0 saturated carbocycles. The van der Waals surface area contributed by atoms with Gasteiger partial charge in [0.1, 0.15) is 11.3 Å². The third-order valence-corrected chi connectivity index (χ3v) is 3.96. The van der Waals surface area contributed by atoms with E-state index in [-0.39, 0.29) is 0 Å². The average Bonchev–Trinajstić information content (AvgIpc) is 2.50. The van der Waals surface area contributed by atoms with Crippen molar-refractivity contribution in [2.45, 2.75) is 18.9 Å². The van der Waals surface area contributed by atoms with Gasteiger partial charge in [-0.25, -0.2) is 0 Å². The maximum atomic E-state index is 9.59. The highest BCUT2D eigenvalue weighted by Gasteiger charge is 2.26. The van der Waals surface area contributed by atoms with Crippen molar-refractivity contribution in [1.29, 1.82) is 5.26 Å². The number of ether oxygens (including phenoxy) is 1. The maximum absolute atomic E-state index is 9.59. The molecule has 2 rings (SSSR count). The Kier molecular flexibility index (Phi) is 4.87. The second kappa shape index (κ2) is 6.64. The first kappa shape index (κ1) is 15.4.